The van der Waals surface area contributed by atoms with Crippen LogP contribution in [0.25, 0.3) is 0 Å². The molecular formula is C19H16ClNO. The van der Waals surface area contributed by atoms with Gasteiger partial charge in [0.2, 0.25) is 0 Å². The molecule has 2 aromatic carbocycles. The molecule has 3 rings (SSSR count). The highest BCUT2D eigenvalue weighted by Gasteiger charge is 2.21. The van der Waals surface area contributed by atoms with Crippen LogP contribution in [0.1, 0.15) is 22.7 Å². The summed E-state index contributed by atoms with van der Waals surface area (Å²) in [5.74, 6) is 0.793. The lowest BCUT2D eigenvalue weighted by Crippen LogP contribution is -2.07. The van der Waals surface area contributed by atoms with Gasteiger partial charge in [-0.3, -0.25) is 4.98 Å². The van der Waals surface area contributed by atoms with Crippen molar-refractivity contribution in [1.82, 2.24) is 4.98 Å². The minimum Gasteiger partial charge on any atom is -0.495 e. The van der Waals surface area contributed by atoms with Crippen LogP contribution in [0.4, 0.5) is 0 Å². The van der Waals surface area contributed by atoms with Crippen molar-refractivity contribution >= 4 is 11.6 Å². The standard InChI is InChI=1S/C19H16ClNO/c1-22-17-8-5-13-21-19(17)18(14-6-3-2-4-7-14)15-9-11-16(20)12-10-15/h2-13,18H,1H3/t18-/m0/s1. The van der Waals surface area contributed by atoms with Gasteiger partial charge < -0.3 is 4.74 Å². The second-order valence-electron chi connectivity index (χ2n) is 4.99. The van der Waals surface area contributed by atoms with Crippen LogP contribution in [-0.4, -0.2) is 12.1 Å². The summed E-state index contributed by atoms with van der Waals surface area (Å²) in [5, 5.41) is 0.726. The Bertz CT molecular complexity index is 741. The Labute approximate surface area is 135 Å². The van der Waals surface area contributed by atoms with Crippen molar-refractivity contribution in [2.45, 2.75) is 5.92 Å². The zero-order chi connectivity index (χ0) is 15.4. The fourth-order valence-corrected chi connectivity index (χ4v) is 2.73. The second kappa shape index (κ2) is 6.63. The fourth-order valence-electron chi connectivity index (χ4n) is 2.60. The predicted molar refractivity (Wildman–Crippen MR) is 89.6 cm³/mol. The maximum absolute atomic E-state index is 6.03. The molecule has 110 valence electrons. The molecule has 1 aromatic heterocycles. The highest BCUT2D eigenvalue weighted by atomic mass is 35.5. The zero-order valence-corrected chi connectivity index (χ0v) is 13.0. The second-order valence-corrected chi connectivity index (χ2v) is 5.42. The van der Waals surface area contributed by atoms with E-state index in [1.54, 1.807) is 13.3 Å². The third kappa shape index (κ3) is 2.97. The molecule has 3 aromatic rings. The van der Waals surface area contributed by atoms with Gasteiger partial charge in [0.25, 0.3) is 0 Å². The first kappa shape index (κ1) is 14.6. The summed E-state index contributed by atoms with van der Waals surface area (Å²) in [6, 6.07) is 22.0. The number of rotatable bonds is 4. The molecule has 0 aliphatic carbocycles. The molecule has 2 nitrogen and oxygen atoms in total. The van der Waals surface area contributed by atoms with Gasteiger partial charge in [-0.05, 0) is 35.4 Å². The van der Waals surface area contributed by atoms with Crippen molar-refractivity contribution in [1.29, 1.82) is 0 Å². The average molecular weight is 310 g/mol. The SMILES string of the molecule is COc1cccnc1[C@@H](c1ccccc1)c1ccc(Cl)cc1. The largest absolute Gasteiger partial charge is 0.495 e. The molecule has 22 heavy (non-hydrogen) atoms. The van der Waals surface area contributed by atoms with Crippen LogP contribution in [0.15, 0.2) is 72.9 Å². The van der Waals surface area contributed by atoms with Gasteiger partial charge in [-0.1, -0.05) is 54.1 Å². The van der Waals surface area contributed by atoms with E-state index in [0.717, 1.165) is 22.0 Å². The molecule has 0 bridgehead atoms. The van der Waals surface area contributed by atoms with Crippen molar-refractivity contribution in [3.63, 3.8) is 0 Å². The Hall–Kier alpha value is -2.32. The molecule has 0 fully saturated rings. The van der Waals surface area contributed by atoms with Crippen LogP contribution in [-0.2, 0) is 0 Å². The van der Waals surface area contributed by atoms with Crippen molar-refractivity contribution in [3.05, 3.63) is 94.8 Å². The van der Waals surface area contributed by atoms with E-state index in [4.69, 9.17) is 16.3 Å². The molecule has 1 heterocycles. The number of hydrogen-bond acceptors (Lipinski definition) is 2. The molecule has 3 heteroatoms. The van der Waals surface area contributed by atoms with E-state index < -0.39 is 0 Å². The van der Waals surface area contributed by atoms with Crippen LogP contribution in [0, 0.1) is 0 Å². The monoisotopic (exact) mass is 309 g/mol. The van der Waals surface area contributed by atoms with Gasteiger partial charge in [0.1, 0.15) is 5.75 Å². The molecule has 0 saturated heterocycles. The normalized spacial score (nSPS) is 11.9. The minimum atomic E-state index is 0.00890. The third-order valence-corrected chi connectivity index (χ3v) is 3.88. The lowest BCUT2D eigenvalue weighted by atomic mass is 9.88. The molecule has 0 aliphatic rings. The van der Waals surface area contributed by atoms with E-state index in [2.05, 4.69) is 17.1 Å². The first-order valence-corrected chi connectivity index (χ1v) is 7.46. The maximum atomic E-state index is 6.03. The van der Waals surface area contributed by atoms with E-state index in [1.165, 1.54) is 5.56 Å². The molecule has 0 aliphatic heterocycles. The fraction of sp³-hybridized carbons (Fsp3) is 0.105. The highest BCUT2D eigenvalue weighted by molar-refractivity contribution is 6.30. The minimum absolute atomic E-state index is 0.00890. The van der Waals surface area contributed by atoms with Gasteiger partial charge in [-0.25, -0.2) is 0 Å². The van der Waals surface area contributed by atoms with Crippen LogP contribution in [0.5, 0.6) is 5.75 Å². The Morgan fingerprint density at radius 2 is 1.55 bits per heavy atom. The number of benzene rings is 2. The summed E-state index contributed by atoms with van der Waals surface area (Å²) < 4.78 is 5.50. The molecule has 0 saturated carbocycles. The van der Waals surface area contributed by atoms with E-state index in [9.17, 15) is 0 Å². The molecule has 0 N–H and O–H groups in total. The molecule has 0 radical (unpaired) electrons. The van der Waals surface area contributed by atoms with E-state index in [-0.39, 0.29) is 5.92 Å². The lowest BCUT2D eigenvalue weighted by Gasteiger charge is -2.20. The van der Waals surface area contributed by atoms with E-state index in [0.29, 0.717) is 0 Å². The van der Waals surface area contributed by atoms with E-state index >= 15 is 0 Å². The van der Waals surface area contributed by atoms with Crippen LogP contribution >= 0.6 is 11.6 Å². The topological polar surface area (TPSA) is 22.1 Å². The van der Waals surface area contributed by atoms with Crippen LogP contribution in [0.3, 0.4) is 0 Å². The first-order chi connectivity index (χ1) is 10.8. The van der Waals surface area contributed by atoms with Gasteiger partial charge >= 0.3 is 0 Å². The smallest absolute Gasteiger partial charge is 0.141 e. The summed E-state index contributed by atoms with van der Waals surface area (Å²) in [6.45, 7) is 0. The Morgan fingerprint density at radius 1 is 0.864 bits per heavy atom. The molecule has 0 spiro atoms. The van der Waals surface area contributed by atoms with Gasteiger partial charge in [-0.15, -0.1) is 0 Å². The zero-order valence-electron chi connectivity index (χ0n) is 12.2. The lowest BCUT2D eigenvalue weighted by molar-refractivity contribution is 0.406. The van der Waals surface area contributed by atoms with Crippen molar-refractivity contribution in [3.8, 4) is 5.75 Å². The number of nitrogens with zero attached hydrogens (tertiary/aromatic N) is 1. The molecular weight excluding hydrogens is 294 g/mol. The highest BCUT2D eigenvalue weighted by Crippen LogP contribution is 2.35. The number of halogens is 1. The molecule has 0 amide bonds. The van der Waals surface area contributed by atoms with Gasteiger partial charge in [0.05, 0.1) is 18.7 Å². The summed E-state index contributed by atoms with van der Waals surface area (Å²) >= 11 is 6.03. The number of methoxy groups -OCH3 is 1. The van der Waals surface area contributed by atoms with Crippen molar-refractivity contribution in [2.75, 3.05) is 7.11 Å². The maximum Gasteiger partial charge on any atom is 0.141 e. The van der Waals surface area contributed by atoms with Crippen LogP contribution in [0.2, 0.25) is 5.02 Å². The third-order valence-electron chi connectivity index (χ3n) is 3.63. The first-order valence-electron chi connectivity index (χ1n) is 7.09. The summed E-state index contributed by atoms with van der Waals surface area (Å²) in [5.41, 5.74) is 3.20. The number of ether oxygens (including phenoxy) is 1. The van der Waals surface area contributed by atoms with Gasteiger partial charge in [0.15, 0.2) is 0 Å². The Kier molecular flexibility index (Phi) is 4.40. The Morgan fingerprint density at radius 3 is 2.23 bits per heavy atom. The number of pyridine rings is 1. The number of aromatic nitrogens is 1. The quantitative estimate of drug-likeness (QED) is 0.682. The number of hydrogen-bond donors (Lipinski definition) is 0. The summed E-state index contributed by atoms with van der Waals surface area (Å²) in [7, 11) is 1.67. The van der Waals surface area contributed by atoms with Gasteiger partial charge in [0, 0.05) is 11.2 Å². The van der Waals surface area contributed by atoms with Gasteiger partial charge in [-0.2, -0.15) is 0 Å². The van der Waals surface area contributed by atoms with E-state index in [1.807, 2.05) is 54.6 Å². The van der Waals surface area contributed by atoms with Crippen molar-refractivity contribution < 1.29 is 4.74 Å². The summed E-state index contributed by atoms with van der Waals surface area (Å²) in [4.78, 5) is 4.57. The van der Waals surface area contributed by atoms with Crippen molar-refractivity contribution in [2.24, 2.45) is 0 Å². The van der Waals surface area contributed by atoms with Crippen LogP contribution < -0.4 is 4.74 Å². The molecule has 1 atom stereocenters. The Balaban J connectivity index is 2.17. The molecule has 0 unspecified atom stereocenters. The average Bonchev–Trinajstić information content (AvgIpc) is 2.58. The summed E-state index contributed by atoms with van der Waals surface area (Å²) in [6.07, 6.45) is 1.80. The predicted octanol–water partition coefficient (Wildman–Crippen LogP) is 4.92.